The maximum Gasteiger partial charge on any atom is 0.145 e. The predicted molar refractivity (Wildman–Crippen MR) is 143 cm³/mol. The van der Waals surface area contributed by atoms with Gasteiger partial charge in [0.1, 0.15) is 16.7 Å². The highest BCUT2D eigenvalue weighted by Crippen LogP contribution is 2.37. The van der Waals surface area contributed by atoms with Gasteiger partial charge in [-0.15, -0.1) is 0 Å². The van der Waals surface area contributed by atoms with Crippen LogP contribution in [0.25, 0.3) is 0 Å². The van der Waals surface area contributed by atoms with Crippen molar-refractivity contribution in [1.82, 2.24) is 0 Å². The third kappa shape index (κ3) is 7.40. The summed E-state index contributed by atoms with van der Waals surface area (Å²) in [7, 11) is 0. The number of hydrogen-bond acceptors (Lipinski definition) is 0. The molecule has 0 aliphatic heterocycles. The van der Waals surface area contributed by atoms with Crippen molar-refractivity contribution in [3.05, 3.63) is 105 Å². The summed E-state index contributed by atoms with van der Waals surface area (Å²) >= 11 is 5.57. The van der Waals surface area contributed by atoms with E-state index in [1.807, 2.05) is 0 Å². The molecule has 1 saturated carbocycles. The zero-order chi connectivity index (χ0) is 24.6. The van der Waals surface area contributed by atoms with Crippen LogP contribution in [0.15, 0.2) is 60.7 Å². The van der Waals surface area contributed by atoms with Gasteiger partial charge in [0.25, 0.3) is 0 Å². The van der Waals surface area contributed by atoms with Crippen LogP contribution in [0.4, 0.5) is 8.78 Å². The predicted octanol–water partition coefficient (Wildman–Crippen LogP) is 9.65. The molecule has 3 aromatic rings. The second-order valence-electron chi connectivity index (χ2n) is 10.3. The summed E-state index contributed by atoms with van der Waals surface area (Å²) in [5.41, 5.74) is 6.20. The zero-order valence-corrected chi connectivity index (χ0v) is 21.6. The summed E-state index contributed by atoms with van der Waals surface area (Å²) < 4.78 is 27.3. The van der Waals surface area contributed by atoms with Gasteiger partial charge in [-0.25, -0.2) is 8.78 Å². The molecule has 0 unspecified atom stereocenters. The van der Waals surface area contributed by atoms with Crippen molar-refractivity contribution in [2.75, 3.05) is 0 Å². The Morgan fingerprint density at radius 3 is 1.80 bits per heavy atom. The minimum Gasteiger partial charge on any atom is -0.205 e. The van der Waals surface area contributed by atoms with Gasteiger partial charge in [0.15, 0.2) is 0 Å². The van der Waals surface area contributed by atoms with Gasteiger partial charge in [0.2, 0.25) is 0 Å². The monoisotopic (exact) mass is 494 g/mol. The van der Waals surface area contributed by atoms with E-state index in [1.165, 1.54) is 85.8 Å². The molecule has 0 atom stereocenters. The molecule has 3 aromatic carbocycles. The van der Waals surface area contributed by atoms with Crippen LogP contribution in [0.3, 0.4) is 0 Å². The first-order valence-corrected chi connectivity index (χ1v) is 13.7. The minimum atomic E-state index is -0.689. The van der Waals surface area contributed by atoms with Gasteiger partial charge in [-0.1, -0.05) is 73.5 Å². The second kappa shape index (κ2) is 12.7. The van der Waals surface area contributed by atoms with Crippen LogP contribution in [-0.4, -0.2) is 0 Å². The summed E-state index contributed by atoms with van der Waals surface area (Å²) in [5.74, 6) is 0.176. The van der Waals surface area contributed by atoms with E-state index >= 15 is 0 Å². The first-order valence-electron chi connectivity index (χ1n) is 13.3. The van der Waals surface area contributed by atoms with Crippen molar-refractivity contribution in [1.29, 1.82) is 0 Å². The molecule has 1 aliphatic carbocycles. The first kappa shape index (κ1) is 25.9. The number of aryl methyl sites for hydroxylation is 4. The van der Waals surface area contributed by atoms with Crippen molar-refractivity contribution in [3.8, 4) is 0 Å². The quantitative estimate of drug-likeness (QED) is 0.246. The van der Waals surface area contributed by atoms with Crippen LogP contribution in [0.1, 0.15) is 85.6 Å². The topological polar surface area (TPSA) is 0 Å². The first-order chi connectivity index (χ1) is 17.0. The van der Waals surface area contributed by atoms with Crippen LogP contribution < -0.4 is 0 Å². The standard InChI is InChI=1S/C32H37ClF2/c1-2-3-4-23-13-17-28(18-14-23)29-19-15-26(16-20-29)10-9-24-5-7-25(8-6-24)11-12-27-21-30(34)32(33)31(35)22-27/h5-8,13-14,17-18,21-22,26,29H,2-4,9-12,15-16,19-20H2,1H3. The van der Waals surface area contributed by atoms with Crippen LogP contribution in [0, 0.1) is 17.6 Å². The van der Waals surface area contributed by atoms with Crippen molar-refractivity contribution >= 4 is 11.6 Å². The largest absolute Gasteiger partial charge is 0.205 e. The van der Waals surface area contributed by atoms with Gasteiger partial charge < -0.3 is 0 Å². The van der Waals surface area contributed by atoms with Crippen molar-refractivity contribution < 1.29 is 8.78 Å². The lowest BCUT2D eigenvalue weighted by atomic mass is 9.77. The fourth-order valence-electron chi connectivity index (χ4n) is 5.41. The summed E-state index contributed by atoms with van der Waals surface area (Å²) in [6.07, 6.45) is 12.7. The fraction of sp³-hybridized carbons (Fsp3) is 0.438. The molecule has 0 radical (unpaired) electrons. The van der Waals surface area contributed by atoms with E-state index in [0.717, 1.165) is 24.7 Å². The van der Waals surface area contributed by atoms with Crippen LogP contribution in [0.2, 0.25) is 5.02 Å². The Morgan fingerprint density at radius 2 is 1.20 bits per heavy atom. The van der Waals surface area contributed by atoms with Crippen LogP contribution >= 0.6 is 11.6 Å². The lowest BCUT2D eigenvalue weighted by molar-refractivity contribution is 0.310. The van der Waals surface area contributed by atoms with E-state index in [-0.39, 0.29) is 0 Å². The van der Waals surface area contributed by atoms with E-state index in [9.17, 15) is 8.78 Å². The van der Waals surface area contributed by atoms with Gasteiger partial charge in [0, 0.05) is 0 Å². The van der Waals surface area contributed by atoms with E-state index in [1.54, 1.807) is 0 Å². The Hall–Kier alpha value is -2.19. The smallest absolute Gasteiger partial charge is 0.145 e. The molecule has 35 heavy (non-hydrogen) atoms. The Bertz CT molecular complexity index is 1040. The number of hydrogen-bond donors (Lipinski definition) is 0. The Labute approximate surface area is 214 Å². The Kier molecular flexibility index (Phi) is 9.38. The molecule has 3 heteroatoms. The highest BCUT2D eigenvalue weighted by atomic mass is 35.5. The van der Waals surface area contributed by atoms with Crippen LogP contribution in [-0.2, 0) is 25.7 Å². The molecule has 0 heterocycles. The summed E-state index contributed by atoms with van der Waals surface area (Å²) in [6.45, 7) is 2.25. The number of rotatable bonds is 10. The lowest BCUT2D eigenvalue weighted by Crippen LogP contribution is -2.14. The molecule has 4 rings (SSSR count). The maximum absolute atomic E-state index is 13.6. The Balaban J connectivity index is 1.19. The second-order valence-corrected chi connectivity index (χ2v) is 10.7. The molecule has 0 saturated heterocycles. The molecular weight excluding hydrogens is 458 g/mol. The average Bonchev–Trinajstić information content (AvgIpc) is 2.89. The molecule has 0 nitrogen and oxygen atoms in total. The normalized spacial score (nSPS) is 18.1. The molecule has 0 N–H and O–H groups in total. The van der Waals surface area contributed by atoms with Gasteiger partial charge in [0.05, 0.1) is 0 Å². The van der Waals surface area contributed by atoms with E-state index in [2.05, 4.69) is 55.5 Å². The van der Waals surface area contributed by atoms with Crippen molar-refractivity contribution in [2.45, 2.75) is 83.5 Å². The van der Waals surface area contributed by atoms with Gasteiger partial charge in [-0.3, -0.25) is 0 Å². The van der Waals surface area contributed by atoms with Crippen LogP contribution in [0.5, 0.6) is 0 Å². The van der Waals surface area contributed by atoms with E-state index in [4.69, 9.17) is 11.6 Å². The SMILES string of the molecule is CCCCc1ccc(C2CCC(CCc3ccc(CCc4cc(F)c(Cl)c(F)c4)cc3)CC2)cc1. The van der Waals surface area contributed by atoms with Gasteiger partial charge >= 0.3 is 0 Å². The summed E-state index contributed by atoms with van der Waals surface area (Å²) in [6, 6.07) is 20.8. The number of benzene rings is 3. The van der Waals surface area contributed by atoms with Crippen molar-refractivity contribution in [2.24, 2.45) is 5.92 Å². The van der Waals surface area contributed by atoms with Gasteiger partial charge in [-0.05, 0) is 116 Å². The van der Waals surface area contributed by atoms with E-state index < -0.39 is 16.7 Å². The maximum atomic E-state index is 13.6. The molecule has 1 aliphatic rings. The van der Waals surface area contributed by atoms with Gasteiger partial charge in [-0.2, -0.15) is 0 Å². The number of halogens is 3. The Morgan fingerprint density at radius 1 is 0.686 bits per heavy atom. The fourth-order valence-corrected chi connectivity index (χ4v) is 5.52. The summed E-state index contributed by atoms with van der Waals surface area (Å²) in [5, 5.41) is -0.428. The van der Waals surface area contributed by atoms with Crippen molar-refractivity contribution in [3.63, 3.8) is 0 Å². The summed E-state index contributed by atoms with van der Waals surface area (Å²) in [4.78, 5) is 0. The minimum absolute atomic E-state index is 0.428. The third-order valence-electron chi connectivity index (χ3n) is 7.73. The highest BCUT2D eigenvalue weighted by Gasteiger charge is 2.22. The molecule has 186 valence electrons. The number of unbranched alkanes of at least 4 members (excludes halogenated alkanes) is 1. The highest BCUT2D eigenvalue weighted by molar-refractivity contribution is 6.30. The average molecular weight is 495 g/mol. The molecular formula is C32H37ClF2. The lowest BCUT2D eigenvalue weighted by Gasteiger charge is -2.29. The molecule has 0 aromatic heterocycles. The van der Waals surface area contributed by atoms with E-state index in [0.29, 0.717) is 12.0 Å². The molecule has 0 amide bonds. The molecule has 0 bridgehead atoms. The zero-order valence-electron chi connectivity index (χ0n) is 20.8. The molecule has 0 spiro atoms. The third-order valence-corrected chi connectivity index (χ3v) is 8.09. The molecule has 1 fully saturated rings.